The van der Waals surface area contributed by atoms with Crippen LogP contribution in [0.3, 0.4) is 0 Å². The zero-order valence-corrected chi connectivity index (χ0v) is 27.5. The molecule has 4 heterocycles. The standard InChI is InChI=1S/C40H32N6O4/c1-27-5-3-7-32(23-27)39(48)45(40(49)33-8-4-6-28(2)24-33)37-25-29(17-18-41-37)9-14-34-26-42-36-16-15-35(43-46(34)36)30-10-12-31(13-11-30)38(47)44-19-21-50-22-20-44/h3-8,10-13,15-18,23-26H,19-22H2,1-2H3. The van der Waals surface area contributed by atoms with E-state index in [2.05, 4.69) is 21.8 Å². The van der Waals surface area contributed by atoms with Crippen molar-refractivity contribution in [1.29, 1.82) is 0 Å². The van der Waals surface area contributed by atoms with Crippen LogP contribution in [0.2, 0.25) is 0 Å². The molecule has 0 N–H and O–H groups in total. The summed E-state index contributed by atoms with van der Waals surface area (Å²) in [6, 6.07) is 28.6. The summed E-state index contributed by atoms with van der Waals surface area (Å²) in [5, 5.41) is 4.79. The third-order valence-electron chi connectivity index (χ3n) is 8.33. The van der Waals surface area contributed by atoms with Gasteiger partial charge in [0.1, 0.15) is 11.5 Å². The summed E-state index contributed by atoms with van der Waals surface area (Å²) in [6.45, 7) is 6.04. The highest BCUT2D eigenvalue weighted by molar-refractivity contribution is 6.25. The van der Waals surface area contributed by atoms with Crippen LogP contribution in [0, 0.1) is 25.7 Å². The Morgan fingerprint density at radius 2 is 1.42 bits per heavy atom. The molecule has 1 saturated heterocycles. The van der Waals surface area contributed by atoms with Crippen LogP contribution in [-0.4, -0.2) is 68.5 Å². The van der Waals surface area contributed by atoms with Gasteiger partial charge in [-0.3, -0.25) is 14.4 Å². The number of hydrogen-bond acceptors (Lipinski definition) is 7. The van der Waals surface area contributed by atoms with Gasteiger partial charge in [-0.1, -0.05) is 53.4 Å². The first-order chi connectivity index (χ1) is 24.3. The predicted molar refractivity (Wildman–Crippen MR) is 189 cm³/mol. The largest absolute Gasteiger partial charge is 0.378 e. The van der Waals surface area contributed by atoms with Gasteiger partial charge in [0.05, 0.1) is 25.1 Å². The lowest BCUT2D eigenvalue weighted by molar-refractivity contribution is 0.0303. The highest BCUT2D eigenvalue weighted by atomic mass is 16.5. The molecule has 0 radical (unpaired) electrons. The number of aryl methyl sites for hydroxylation is 2. The van der Waals surface area contributed by atoms with E-state index < -0.39 is 11.8 Å². The second-order valence-electron chi connectivity index (χ2n) is 12.0. The first-order valence-corrected chi connectivity index (χ1v) is 16.2. The fourth-order valence-electron chi connectivity index (χ4n) is 5.71. The van der Waals surface area contributed by atoms with Crippen LogP contribution in [0.4, 0.5) is 5.82 Å². The van der Waals surface area contributed by atoms with Gasteiger partial charge in [-0.15, -0.1) is 0 Å². The summed E-state index contributed by atoms with van der Waals surface area (Å²) < 4.78 is 7.02. The van der Waals surface area contributed by atoms with E-state index >= 15 is 0 Å². The van der Waals surface area contributed by atoms with Gasteiger partial charge in [-0.2, -0.15) is 5.10 Å². The molecule has 0 aliphatic carbocycles. The quantitative estimate of drug-likeness (QED) is 0.171. The van der Waals surface area contributed by atoms with Crippen molar-refractivity contribution in [1.82, 2.24) is 24.5 Å². The lowest BCUT2D eigenvalue weighted by Gasteiger charge is -2.26. The number of anilines is 1. The molecule has 7 rings (SSSR count). The normalized spacial score (nSPS) is 12.6. The Hall–Kier alpha value is -6.44. The zero-order valence-electron chi connectivity index (χ0n) is 27.5. The number of rotatable bonds is 5. The first-order valence-electron chi connectivity index (χ1n) is 16.2. The maximum Gasteiger partial charge on any atom is 0.266 e. The second kappa shape index (κ2) is 14.0. The van der Waals surface area contributed by atoms with E-state index in [4.69, 9.17) is 9.84 Å². The van der Waals surface area contributed by atoms with Gasteiger partial charge >= 0.3 is 0 Å². The lowest BCUT2D eigenvalue weighted by atomic mass is 10.1. The monoisotopic (exact) mass is 660 g/mol. The number of hydrogen-bond donors (Lipinski definition) is 0. The number of carbonyl (C=O) groups excluding carboxylic acids is 3. The fourth-order valence-corrected chi connectivity index (χ4v) is 5.71. The van der Waals surface area contributed by atoms with Crippen LogP contribution < -0.4 is 4.90 Å². The number of nitrogens with zero attached hydrogens (tertiary/aromatic N) is 6. The van der Waals surface area contributed by atoms with Gasteiger partial charge in [-0.05, 0) is 80.4 Å². The molecule has 0 atom stereocenters. The highest BCUT2D eigenvalue weighted by Gasteiger charge is 2.27. The van der Waals surface area contributed by atoms with Crippen LogP contribution >= 0.6 is 0 Å². The SMILES string of the molecule is Cc1cccc(C(=O)N(C(=O)c2cccc(C)c2)c2cc(C#Cc3cnc4ccc(-c5ccc(C(=O)N6CCOCC6)cc5)nn34)ccn2)c1. The molecule has 3 amide bonds. The van der Waals surface area contributed by atoms with Crippen molar-refractivity contribution in [2.45, 2.75) is 13.8 Å². The molecule has 0 unspecified atom stereocenters. The number of aromatic nitrogens is 4. The van der Waals surface area contributed by atoms with Gasteiger partial charge in [-0.25, -0.2) is 19.4 Å². The predicted octanol–water partition coefficient (Wildman–Crippen LogP) is 5.77. The van der Waals surface area contributed by atoms with Crippen LogP contribution in [0.1, 0.15) is 53.5 Å². The van der Waals surface area contributed by atoms with Crippen LogP contribution in [-0.2, 0) is 4.74 Å². The smallest absolute Gasteiger partial charge is 0.266 e. The summed E-state index contributed by atoms with van der Waals surface area (Å²) in [6.07, 6.45) is 3.16. The van der Waals surface area contributed by atoms with Crippen LogP contribution in [0.25, 0.3) is 16.9 Å². The van der Waals surface area contributed by atoms with E-state index in [0.717, 1.165) is 21.6 Å². The number of ether oxygens (including phenoxy) is 1. The van der Waals surface area contributed by atoms with Gasteiger partial charge in [0.15, 0.2) is 5.65 Å². The number of fused-ring (bicyclic) bond motifs is 1. The number of benzene rings is 3. The Kier molecular flexibility index (Phi) is 8.97. The molecule has 3 aromatic carbocycles. The Morgan fingerprint density at radius 3 is 2.08 bits per heavy atom. The van der Waals surface area contributed by atoms with Crippen LogP contribution in [0.5, 0.6) is 0 Å². The fraction of sp³-hybridized carbons (Fsp3) is 0.150. The minimum Gasteiger partial charge on any atom is -0.378 e. The van der Waals surface area contributed by atoms with Crippen molar-refractivity contribution in [3.63, 3.8) is 0 Å². The Bertz CT molecular complexity index is 2260. The maximum absolute atomic E-state index is 13.9. The van der Waals surface area contributed by atoms with Crippen molar-refractivity contribution >= 4 is 29.2 Å². The number of amides is 3. The van der Waals surface area contributed by atoms with E-state index in [-0.39, 0.29) is 11.7 Å². The summed E-state index contributed by atoms with van der Waals surface area (Å²) in [5.74, 6) is 5.42. The third kappa shape index (κ3) is 6.76. The van der Waals surface area contributed by atoms with Crippen molar-refractivity contribution in [3.05, 3.63) is 149 Å². The van der Waals surface area contributed by atoms with E-state index in [1.54, 1.807) is 64.1 Å². The molecule has 10 nitrogen and oxygen atoms in total. The number of imide groups is 1. The molecule has 0 saturated carbocycles. The molecular weight excluding hydrogens is 628 g/mol. The number of morpholine rings is 1. The molecule has 0 bridgehead atoms. The number of carbonyl (C=O) groups is 3. The van der Waals surface area contributed by atoms with E-state index in [1.165, 1.54) is 6.20 Å². The summed E-state index contributed by atoms with van der Waals surface area (Å²) in [4.78, 5) is 52.4. The average Bonchev–Trinajstić information content (AvgIpc) is 3.56. The Balaban J connectivity index is 1.18. The van der Waals surface area contributed by atoms with E-state index in [0.29, 0.717) is 65.6 Å². The molecule has 0 spiro atoms. The second-order valence-corrected chi connectivity index (χ2v) is 12.0. The van der Waals surface area contributed by atoms with E-state index in [1.807, 2.05) is 62.4 Å². The van der Waals surface area contributed by atoms with Crippen molar-refractivity contribution in [2.24, 2.45) is 0 Å². The summed E-state index contributed by atoms with van der Waals surface area (Å²) in [7, 11) is 0. The molecule has 246 valence electrons. The highest BCUT2D eigenvalue weighted by Crippen LogP contribution is 2.22. The van der Waals surface area contributed by atoms with Gasteiger partial charge in [0.25, 0.3) is 17.7 Å². The van der Waals surface area contributed by atoms with Crippen molar-refractivity contribution in [2.75, 3.05) is 31.2 Å². The van der Waals surface area contributed by atoms with Crippen LogP contribution in [0.15, 0.2) is 109 Å². The average molecular weight is 661 g/mol. The number of pyridine rings is 1. The van der Waals surface area contributed by atoms with Crippen molar-refractivity contribution < 1.29 is 19.1 Å². The molecule has 1 aliphatic heterocycles. The molecule has 6 aromatic rings. The van der Waals surface area contributed by atoms with E-state index in [9.17, 15) is 14.4 Å². The van der Waals surface area contributed by atoms with Crippen molar-refractivity contribution in [3.8, 4) is 23.1 Å². The molecular formula is C40H32N6O4. The van der Waals surface area contributed by atoms with Gasteiger partial charge in [0.2, 0.25) is 0 Å². The van der Waals surface area contributed by atoms with Gasteiger partial charge < -0.3 is 9.64 Å². The summed E-state index contributed by atoms with van der Waals surface area (Å²) >= 11 is 0. The third-order valence-corrected chi connectivity index (χ3v) is 8.33. The minimum atomic E-state index is -0.491. The Labute approximate surface area is 289 Å². The summed E-state index contributed by atoms with van der Waals surface area (Å²) in [5.41, 5.74) is 6.38. The first kappa shape index (κ1) is 32.1. The molecule has 1 fully saturated rings. The maximum atomic E-state index is 13.9. The Morgan fingerprint density at radius 1 is 0.740 bits per heavy atom. The van der Waals surface area contributed by atoms with Gasteiger partial charge in [0, 0.05) is 47.1 Å². The zero-order chi connectivity index (χ0) is 34.6. The number of imidazole rings is 1. The topological polar surface area (TPSA) is 110 Å². The molecule has 50 heavy (non-hydrogen) atoms. The molecule has 1 aliphatic rings. The molecule has 3 aromatic heterocycles. The minimum absolute atomic E-state index is 0.0168. The lowest BCUT2D eigenvalue weighted by Crippen LogP contribution is -2.40. The molecule has 10 heteroatoms.